The van der Waals surface area contributed by atoms with E-state index >= 15 is 0 Å². The van der Waals surface area contributed by atoms with Gasteiger partial charge in [-0.3, -0.25) is 10.1 Å². The van der Waals surface area contributed by atoms with Crippen LogP contribution in [0.2, 0.25) is 0 Å². The molecule has 0 aromatic heterocycles. The summed E-state index contributed by atoms with van der Waals surface area (Å²) >= 11 is 3.37. The summed E-state index contributed by atoms with van der Waals surface area (Å²) in [4.78, 5) is 10.1. The van der Waals surface area contributed by atoms with Crippen molar-refractivity contribution in [2.45, 2.75) is 6.92 Å². The number of nitro groups is 1. The lowest BCUT2D eigenvalue weighted by Gasteiger charge is -2.09. The Labute approximate surface area is 123 Å². The first kappa shape index (κ1) is 14.0. The Balaban J connectivity index is 2.39. The first-order chi connectivity index (χ1) is 9.51. The minimum Gasteiger partial charge on any atom is -0.455 e. The molecule has 0 atom stereocenters. The smallest absolute Gasteiger partial charge is 0.271 e. The number of halogens is 1. The fraction of sp³-hybridized carbons (Fsp3) is 0.0714. The Morgan fingerprint density at radius 3 is 2.55 bits per heavy atom. The van der Waals surface area contributed by atoms with Crippen LogP contribution in [0.3, 0.4) is 0 Å². The topological polar surface area (TPSA) is 76.2 Å². The molecule has 0 saturated carbocycles. The largest absolute Gasteiger partial charge is 0.455 e. The van der Waals surface area contributed by atoms with Crippen molar-refractivity contribution in [2.75, 3.05) is 0 Å². The van der Waals surface area contributed by atoms with E-state index in [1.807, 2.05) is 25.1 Å². The summed E-state index contributed by atoms with van der Waals surface area (Å²) in [5.74, 6) is 0.823. The predicted octanol–water partition coefficient (Wildman–Crippen LogP) is 4.33. The lowest BCUT2D eigenvalue weighted by molar-refractivity contribution is -0.384. The van der Waals surface area contributed by atoms with Gasteiger partial charge in [0.1, 0.15) is 23.1 Å². The SMILES string of the molecule is Cc1ccc(Oc2ccc([N+](=O)[O-])cc2C#N)c(Br)c1. The number of ether oxygens (including phenoxy) is 1. The molecule has 0 radical (unpaired) electrons. The molecule has 6 heteroatoms. The minimum atomic E-state index is -0.549. The minimum absolute atomic E-state index is 0.117. The Bertz CT molecular complexity index is 723. The summed E-state index contributed by atoms with van der Waals surface area (Å²) in [5, 5.41) is 19.7. The van der Waals surface area contributed by atoms with Gasteiger partial charge in [-0.15, -0.1) is 0 Å². The van der Waals surface area contributed by atoms with E-state index < -0.39 is 4.92 Å². The van der Waals surface area contributed by atoms with Gasteiger partial charge in [-0.05, 0) is 46.6 Å². The molecule has 2 aromatic carbocycles. The van der Waals surface area contributed by atoms with Crippen LogP contribution in [0.4, 0.5) is 5.69 Å². The molecular formula is C14H9BrN2O3. The third-order valence-electron chi connectivity index (χ3n) is 2.60. The standard InChI is InChI=1S/C14H9BrN2O3/c1-9-2-4-14(12(15)6-9)20-13-5-3-11(17(18)19)7-10(13)8-16/h2-7H,1H3. The van der Waals surface area contributed by atoms with Crippen LogP contribution in [-0.2, 0) is 0 Å². The fourth-order valence-electron chi connectivity index (χ4n) is 1.62. The highest BCUT2D eigenvalue weighted by atomic mass is 79.9. The zero-order chi connectivity index (χ0) is 14.7. The molecule has 0 amide bonds. The highest BCUT2D eigenvalue weighted by Gasteiger charge is 2.13. The zero-order valence-corrected chi connectivity index (χ0v) is 12.0. The molecule has 0 unspecified atom stereocenters. The maximum absolute atomic E-state index is 10.7. The number of nitriles is 1. The van der Waals surface area contributed by atoms with Gasteiger partial charge < -0.3 is 4.74 Å². The third-order valence-corrected chi connectivity index (χ3v) is 3.22. The van der Waals surface area contributed by atoms with Crippen molar-refractivity contribution >= 4 is 21.6 Å². The Morgan fingerprint density at radius 2 is 1.95 bits per heavy atom. The van der Waals surface area contributed by atoms with Gasteiger partial charge >= 0.3 is 0 Å². The fourth-order valence-corrected chi connectivity index (χ4v) is 2.19. The molecule has 0 aliphatic rings. The molecule has 0 bridgehead atoms. The molecule has 100 valence electrons. The second-order valence-corrected chi connectivity index (χ2v) is 4.94. The first-order valence-electron chi connectivity index (χ1n) is 5.64. The summed E-state index contributed by atoms with van der Waals surface area (Å²) in [6.07, 6.45) is 0. The third kappa shape index (κ3) is 2.95. The summed E-state index contributed by atoms with van der Waals surface area (Å²) in [6, 6.07) is 11.3. The lowest BCUT2D eigenvalue weighted by Crippen LogP contribution is -1.93. The van der Waals surface area contributed by atoms with Gasteiger partial charge in [0.05, 0.1) is 9.40 Å². The maximum Gasteiger partial charge on any atom is 0.271 e. The van der Waals surface area contributed by atoms with Crippen molar-refractivity contribution in [3.8, 4) is 17.6 Å². The van der Waals surface area contributed by atoms with Gasteiger partial charge in [-0.1, -0.05) is 6.07 Å². The molecule has 0 fully saturated rings. The molecule has 2 aromatic rings. The average molecular weight is 333 g/mol. The van der Waals surface area contributed by atoms with Gasteiger partial charge in [-0.2, -0.15) is 5.26 Å². The van der Waals surface area contributed by atoms with Crippen molar-refractivity contribution in [1.29, 1.82) is 5.26 Å². The zero-order valence-electron chi connectivity index (χ0n) is 10.5. The quantitative estimate of drug-likeness (QED) is 0.619. The van der Waals surface area contributed by atoms with Crippen molar-refractivity contribution in [2.24, 2.45) is 0 Å². The molecule has 0 aliphatic heterocycles. The van der Waals surface area contributed by atoms with Crippen LogP contribution in [0, 0.1) is 28.4 Å². The number of benzene rings is 2. The number of hydrogen-bond donors (Lipinski definition) is 0. The van der Waals surface area contributed by atoms with Gasteiger partial charge in [0.2, 0.25) is 0 Å². The second-order valence-electron chi connectivity index (χ2n) is 4.09. The summed E-state index contributed by atoms with van der Waals surface area (Å²) in [5.41, 5.74) is 1.04. The predicted molar refractivity (Wildman–Crippen MR) is 76.8 cm³/mol. The number of aryl methyl sites for hydroxylation is 1. The van der Waals surface area contributed by atoms with Crippen molar-refractivity contribution in [3.05, 3.63) is 62.1 Å². The second kappa shape index (κ2) is 5.72. The highest BCUT2D eigenvalue weighted by molar-refractivity contribution is 9.10. The van der Waals surface area contributed by atoms with Crippen LogP contribution >= 0.6 is 15.9 Å². The summed E-state index contributed by atoms with van der Waals surface area (Å²) < 4.78 is 6.38. The van der Waals surface area contributed by atoms with E-state index in [1.54, 1.807) is 6.07 Å². The number of hydrogen-bond acceptors (Lipinski definition) is 4. The number of nitro benzene ring substituents is 1. The maximum atomic E-state index is 10.7. The first-order valence-corrected chi connectivity index (χ1v) is 6.43. The van der Waals surface area contributed by atoms with E-state index in [0.29, 0.717) is 5.75 Å². The van der Waals surface area contributed by atoms with E-state index in [9.17, 15) is 10.1 Å². The van der Waals surface area contributed by atoms with Gasteiger partial charge in [0, 0.05) is 12.1 Å². The lowest BCUT2D eigenvalue weighted by atomic mass is 10.2. The van der Waals surface area contributed by atoms with E-state index in [2.05, 4.69) is 15.9 Å². The van der Waals surface area contributed by atoms with Crippen LogP contribution in [0.15, 0.2) is 40.9 Å². The number of non-ortho nitro benzene ring substituents is 1. The van der Waals surface area contributed by atoms with Crippen LogP contribution in [0.1, 0.15) is 11.1 Å². The Kier molecular flexibility index (Phi) is 4.01. The molecule has 5 nitrogen and oxygen atoms in total. The van der Waals surface area contributed by atoms with E-state index in [0.717, 1.165) is 10.0 Å². The Morgan fingerprint density at radius 1 is 1.25 bits per heavy atom. The van der Waals surface area contributed by atoms with Gasteiger partial charge in [-0.25, -0.2) is 0 Å². The summed E-state index contributed by atoms with van der Waals surface area (Å²) in [7, 11) is 0. The number of rotatable bonds is 3. The number of nitrogens with zero attached hydrogens (tertiary/aromatic N) is 2. The molecule has 20 heavy (non-hydrogen) atoms. The van der Waals surface area contributed by atoms with Crippen molar-refractivity contribution in [1.82, 2.24) is 0 Å². The normalized spacial score (nSPS) is 9.85. The van der Waals surface area contributed by atoms with E-state index in [4.69, 9.17) is 10.00 Å². The molecular weight excluding hydrogens is 324 g/mol. The molecule has 0 N–H and O–H groups in total. The molecule has 2 rings (SSSR count). The Hall–Kier alpha value is -2.39. The van der Waals surface area contributed by atoms with Crippen LogP contribution < -0.4 is 4.74 Å². The summed E-state index contributed by atoms with van der Waals surface area (Å²) in [6.45, 7) is 1.95. The average Bonchev–Trinajstić information content (AvgIpc) is 2.42. The molecule has 0 saturated heterocycles. The molecule has 0 spiro atoms. The van der Waals surface area contributed by atoms with Crippen LogP contribution in [0.25, 0.3) is 0 Å². The molecule has 0 aliphatic carbocycles. The van der Waals surface area contributed by atoms with Crippen LogP contribution in [-0.4, -0.2) is 4.92 Å². The van der Waals surface area contributed by atoms with Gasteiger partial charge in [0.15, 0.2) is 0 Å². The van der Waals surface area contributed by atoms with Crippen molar-refractivity contribution < 1.29 is 9.66 Å². The van der Waals surface area contributed by atoms with Crippen molar-refractivity contribution in [3.63, 3.8) is 0 Å². The van der Waals surface area contributed by atoms with Crippen LogP contribution in [0.5, 0.6) is 11.5 Å². The highest BCUT2D eigenvalue weighted by Crippen LogP contribution is 2.33. The molecule has 0 heterocycles. The van der Waals surface area contributed by atoms with Gasteiger partial charge in [0.25, 0.3) is 5.69 Å². The monoisotopic (exact) mass is 332 g/mol. The van der Waals surface area contributed by atoms with E-state index in [-0.39, 0.29) is 17.0 Å². The van der Waals surface area contributed by atoms with E-state index in [1.165, 1.54) is 18.2 Å².